The lowest BCUT2D eigenvalue weighted by molar-refractivity contribution is 0.0258. The van der Waals surface area contributed by atoms with Gasteiger partial charge in [-0.25, -0.2) is 23.5 Å². The van der Waals surface area contributed by atoms with Gasteiger partial charge < -0.3 is 14.4 Å². The van der Waals surface area contributed by atoms with Crippen molar-refractivity contribution < 1.29 is 23.0 Å². The summed E-state index contributed by atoms with van der Waals surface area (Å²) in [7, 11) is 2.11. The minimum absolute atomic E-state index is 0.0324. The fourth-order valence-electron chi connectivity index (χ4n) is 6.11. The van der Waals surface area contributed by atoms with Gasteiger partial charge in [-0.15, -0.1) is 11.3 Å². The van der Waals surface area contributed by atoms with Gasteiger partial charge in [0.25, 0.3) is 0 Å². The van der Waals surface area contributed by atoms with Crippen LogP contribution in [-0.2, 0) is 22.7 Å². The maximum Gasteiger partial charge on any atom is 0.412 e. The van der Waals surface area contributed by atoms with Crippen LogP contribution in [0.1, 0.15) is 43.9 Å². The van der Waals surface area contributed by atoms with Crippen molar-refractivity contribution in [2.24, 2.45) is 0 Å². The van der Waals surface area contributed by atoms with Gasteiger partial charge in [-0.05, 0) is 45.4 Å². The number of piperidine rings is 1. The van der Waals surface area contributed by atoms with Crippen LogP contribution < -0.4 is 10.2 Å². The molecule has 1 N–H and O–H groups in total. The molecule has 1 amide bonds. The molecule has 0 radical (unpaired) electrons. The Kier molecular flexibility index (Phi) is 6.09. The zero-order valence-corrected chi connectivity index (χ0v) is 24.2. The first kappa shape index (κ1) is 26.9. The van der Waals surface area contributed by atoms with Crippen LogP contribution in [0.15, 0.2) is 12.4 Å². The van der Waals surface area contributed by atoms with E-state index < -0.39 is 23.3 Å². The molecule has 3 saturated heterocycles. The highest BCUT2D eigenvalue weighted by molar-refractivity contribution is 7.23. The molecule has 2 unspecified atom stereocenters. The van der Waals surface area contributed by atoms with Crippen molar-refractivity contribution in [3.8, 4) is 17.3 Å². The van der Waals surface area contributed by atoms with E-state index in [1.807, 2.05) is 0 Å². The number of thiophene rings is 1. The van der Waals surface area contributed by atoms with Crippen molar-refractivity contribution in [1.82, 2.24) is 19.9 Å². The summed E-state index contributed by atoms with van der Waals surface area (Å²) in [6.07, 6.45) is 2.98. The molecule has 4 aromatic rings. The van der Waals surface area contributed by atoms with Gasteiger partial charge in [0.2, 0.25) is 5.95 Å². The molecule has 4 aliphatic rings. The summed E-state index contributed by atoms with van der Waals surface area (Å²) in [5.41, 5.74) is 0.763. The number of nitrogens with one attached hydrogen (secondary N) is 1. The van der Waals surface area contributed by atoms with Crippen molar-refractivity contribution in [3.63, 3.8) is 0 Å². The Morgan fingerprint density at radius 2 is 1.93 bits per heavy atom. The van der Waals surface area contributed by atoms with Gasteiger partial charge in [0.05, 0.1) is 35.4 Å². The third-order valence-electron chi connectivity index (χ3n) is 8.16. The van der Waals surface area contributed by atoms with Crippen molar-refractivity contribution >= 4 is 49.4 Å². The third-order valence-corrected chi connectivity index (χ3v) is 9.27. The Morgan fingerprint density at radius 3 is 2.62 bits per heavy atom. The van der Waals surface area contributed by atoms with Crippen LogP contribution in [0.2, 0.25) is 0 Å². The topological polar surface area (TPSA) is 116 Å². The molecule has 2 atom stereocenters. The zero-order chi connectivity index (χ0) is 29.5. The molecule has 0 aliphatic carbocycles. The number of aromatic nitrogens is 3. The number of halogens is 2. The highest BCUT2D eigenvalue weighted by Crippen LogP contribution is 2.46. The van der Waals surface area contributed by atoms with Crippen molar-refractivity contribution in [3.05, 3.63) is 40.7 Å². The van der Waals surface area contributed by atoms with E-state index in [0.29, 0.717) is 29.0 Å². The van der Waals surface area contributed by atoms with Gasteiger partial charge in [-0.3, -0.25) is 15.2 Å². The lowest BCUT2D eigenvalue weighted by atomic mass is 9.88. The van der Waals surface area contributed by atoms with Crippen LogP contribution in [0, 0.1) is 23.0 Å². The lowest BCUT2D eigenvalue weighted by Gasteiger charge is -2.54. The Morgan fingerprint density at radius 1 is 1.19 bits per heavy atom. The summed E-state index contributed by atoms with van der Waals surface area (Å²) >= 11 is 0.867. The summed E-state index contributed by atoms with van der Waals surface area (Å²) in [6, 6.07) is 2.89. The number of rotatable bonds is 3. The standard InChI is InChI=1S/C29H27F2N7O3S/c1-29(2,3)41-28(39)36-26-15(6-32)21-24(33-8-19(30)25(21)42-26)20-18-12-40-11-17(18)16-7-34-27(35-23(16)22(20)31)38-9-13-5-14(10-38)37(13)4/h7-8,13-14H,5,9-12H2,1-4H3,(H,36,39). The number of amides is 1. The zero-order valence-electron chi connectivity index (χ0n) is 23.4. The maximum absolute atomic E-state index is 16.7. The molecule has 2 bridgehead atoms. The quantitative estimate of drug-likeness (QED) is 0.338. The van der Waals surface area contributed by atoms with E-state index in [0.717, 1.165) is 42.6 Å². The van der Waals surface area contributed by atoms with Gasteiger partial charge in [0.1, 0.15) is 22.2 Å². The van der Waals surface area contributed by atoms with Gasteiger partial charge in [0.15, 0.2) is 11.6 Å². The molecule has 3 aromatic heterocycles. The van der Waals surface area contributed by atoms with E-state index in [9.17, 15) is 10.1 Å². The lowest BCUT2D eigenvalue weighted by Crippen LogP contribution is -2.67. The van der Waals surface area contributed by atoms with Gasteiger partial charge in [-0.1, -0.05) is 0 Å². The van der Waals surface area contributed by atoms with Crippen LogP contribution in [0.5, 0.6) is 0 Å². The van der Waals surface area contributed by atoms with Crippen molar-refractivity contribution in [1.29, 1.82) is 5.26 Å². The van der Waals surface area contributed by atoms with E-state index in [1.165, 1.54) is 0 Å². The molecule has 4 aliphatic heterocycles. The molecule has 8 rings (SSSR count). The normalized spacial score (nSPS) is 20.0. The average Bonchev–Trinajstić information content (AvgIpc) is 3.58. The van der Waals surface area contributed by atoms with E-state index in [1.54, 1.807) is 27.0 Å². The number of anilines is 2. The number of carbonyl (C=O) groups excluding carboxylic acids is 1. The first-order chi connectivity index (χ1) is 20.0. The predicted molar refractivity (Wildman–Crippen MR) is 153 cm³/mol. The van der Waals surface area contributed by atoms with Crippen LogP contribution in [0.4, 0.5) is 24.5 Å². The van der Waals surface area contributed by atoms with E-state index in [2.05, 4.69) is 43.2 Å². The highest BCUT2D eigenvalue weighted by Gasteiger charge is 2.43. The molecule has 0 spiro atoms. The number of piperazine rings is 1. The number of fused-ring (bicyclic) bond motifs is 6. The molecule has 13 heteroatoms. The monoisotopic (exact) mass is 591 g/mol. The molecule has 216 valence electrons. The number of carbonyl (C=O) groups is 1. The first-order valence-corrected chi connectivity index (χ1v) is 14.4. The number of nitrogens with zero attached hydrogens (tertiary/aromatic N) is 6. The molecule has 7 heterocycles. The molecule has 1 aromatic carbocycles. The van der Waals surface area contributed by atoms with Gasteiger partial charge >= 0.3 is 6.09 Å². The summed E-state index contributed by atoms with van der Waals surface area (Å²) in [4.78, 5) is 30.5. The average molecular weight is 592 g/mol. The fourth-order valence-corrected chi connectivity index (χ4v) is 7.15. The largest absolute Gasteiger partial charge is 0.444 e. The predicted octanol–water partition coefficient (Wildman–Crippen LogP) is 5.33. The second kappa shape index (κ2) is 9.52. The second-order valence-electron chi connectivity index (χ2n) is 11.9. The van der Waals surface area contributed by atoms with E-state index in [4.69, 9.17) is 9.47 Å². The van der Waals surface area contributed by atoms with Crippen LogP contribution in [0.25, 0.3) is 32.2 Å². The third kappa shape index (κ3) is 4.16. The number of benzene rings is 1. The molecular formula is C29H27F2N7O3S. The van der Waals surface area contributed by atoms with Crippen LogP contribution in [0.3, 0.4) is 0 Å². The molecule has 42 heavy (non-hydrogen) atoms. The molecular weight excluding hydrogens is 564 g/mol. The molecule has 3 fully saturated rings. The van der Waals surface area contributed by atoms with Crippen LogP contribution in [-0.4, -0.2) is 63.8 Å². The molecule has 0 saturated carbocycles. The van der Waals surface area contributed by atoms with E-state index in [-0.39, 0.29) is 50.6 Å². The Labute approximate surface area is 243 Å². The summed E-state index contributed by atoms with van der Waals surface area (Å²) in [6.45, 7) is 6.97. The highest BCUT2D eigenvalue weighted by atomic mass is 32.1. The number of nitriles is 1. The number of pyridine rings is 1. The first-order valence-electron chi connectivity index (χ1n) is 13.6. The number of ether oxygens (including phenoxy) is 2. The Bertz CT molecular complexity index is 1840. The summed E-state index contributed by atoms with van der Waals surface area (Å²) in [5, 5.41) is 13.4. The SMILES string of the molecule is CN1C2CC1CN(c1ncc3c4c(c(-c5ncc(F)c6sc(NC(=O)OC(C)(C)C)c(C#N)c56)c(F)c3n1)COC4)C2. The Hall–Kier alpha value is -3.99. The second-order valence-corrected chi connectivity index (χ2v) is 12.9. The van der Waals surface area contributed by atoms with Gasteiger partial charge in [0, 0.05) is 47.7 Å². The fraction of sp³-hybridized carbons (Fsp3) is 0.414. The van der Waals surface area contributed by atoms with Crippen molar-refractivity contribution in [2.75, 3.05) is 30.4 Å². The number of hydrogen-bond acceptors (Lipinski definition) is 10. The maximum atomic E-state index is 16.7. The van der Waals surface area contributed by atoms with Crippen LogP contribution >= 0.6 is 11.3 Å². The van der Waals surface area contributed by atoms with E-state index >= 15 is 8.78 Å². The molecule has 10 nitrogen and oxygen atoms in total. The minimum Gasteiger partial charge on any atom is -0.444 e. The Balaban J connectivity index is 1.39. The van der Waals surface area contributed by atoms with Crippen molar-refractivity contribution in [2.45, 2.75) is 58.1 Å². The van der Waals surface area contributed by atoms with Gasteiger partial charge in [-0.2, -0.15) is 5.26 Å². The smallest absolute Gasteiger partial charge is 0.412 e. The number of hydrogen-bond donors (Lipinski definition) is 1. The summed E-state index contributed by atoms with van der Waals surface area (Å²) < 4.78 is 42.9. The minimum atomic E-state index is -0.794. The number of likely N-dealkylation sites (N-methyl/N-ethyl adjacent to an activating group) is 1. The summed E-state index contributed by atoms with van der Waals surface area (Å²) in [5.74, 6) is -0.891.